The van der Waals surface area contributed by atoms with Gasteiger partial charge in [-0.2, -0.15) is 0 Å². The molecular formula is C28H36N2O4. The lowest BCUT2D eigenvalue weighted by atomic mass is 9.75. The van der Waals surface area contributed by atoms with Gasteiger partial charge in [-0.3, -0.25) is 9.69 Å². The molecule has 1 spiro atoms. The normalized spacial score (nSPS) is 20.4. The molecule has 2 N–H and O–H groups in total. The minimum absolute atomic E-state index is 0.0532. The molecule has 4 rings (SSSR count). The summed E-state index contributed by atoms with van der Waals surface area (Å²) in [6.45, 7) is 9.10. The van der Waals surface area contributed by atoms with Gasteiger partial charge in [0.15, 0.2) is 0 Å². The highest BCUT2D eigenvalue weighted by atomic mass is 16.4. The highest BCUT2D eigenvalue weighted by Crippen LogP contribution is 2.45. The number of aromatic carboxylic acids is 1. The van der Waals surface area contributed by atoms with E-state index in [0.717, 1.165) is 50.9 Å². The first-order valence-corrected chi connectivity index (χ1v) is 12.3. The van der Waals surface area contributed by atoms with E-state index in [2.05, 4.69) is 47.9 Å². The van der Waals surface area contributed by atoms with Crippen LogP contribution in [-0.4, -0.2) is 57.6 Å². The molecule has 2 aliphatic heterocycles. The number of carbonyl (C=O) groups is 2. The van der Waals surface area contributed by atoms with Gasteiger partial charge in [0.1, 0.15) is 11.3 Å². The molecule has 182 valence electrons. The van der Waals surface area contributed by atoms with Crippen molar-refractivity contribution in [1.29, 1.82) is 0 Å². The quantitative estimate of drug-likeness (QED) is 0.631. The number of benzene rings is 2. The number of carboxylic acids is 1. The Kier molecular flexibility index (Phi) is 6.99. The van der Waals surface area contributed by atoms with E-state index in [-0.39, 0.29) is 22.8 Å². The summed E-state index contributed by atoms with van der Waals surface area (Å²) in [6, 6.07) is 14.1. The Labute approximate surface area is 202 Å². The second-order valence-corrected chi connectivity index (χ2v) is 10.6. The van der Waals surface area contributed by atoms with E-state index in [9.17, 15) is 19.8 Å². The maximum atomic E-state index is 13.7. The van der Waals surface area contributed by atoms with Crippen molar-refractivity contribution in [1.82, 2.24) is 9.80 Å². The van der Waals surface area contributed by atoms with Gasteiger partial charge in [-0.1, -0.05) is 50.2 Å². The smallest absolute Gasteiger partial charge is 0.339 e. The van der Waals surface area contributed by atoms with Crippen LogP contribution < -0.4 is 0 Å². The van der Waals surface area contributed by atoms with Crippen LogP contribution in [0.1, 0.15) is 60.2 Å². The summed E-state index contributed by atoms with van der Waals surface area (Å²) in [4.78, 5) is 29.6. The maximum Gasteiger partial charge on any atom is 0.339 e. The summed E-state index contributed by atoms with van der Waals surface area (Å²) in [5.41, 5.74) is 2.39. The molecule has 0 saturated carbocycles. The average molecular weight is 465 g/mol. The number of hydrogen-bond donors (Lipinski definition) is 2. The third-order valence-electron chi connectivity index (χ3n) is 7.47. The zero-order valence-corrected chi connectivity index (χ0v) is 20.5. The predicted molar refractivity (Wildman–Crippen MR) is 132 cm³/mol. The molecule has 6 heteroatoms. The van der Waals surface area contributed by atoms with Crippen molar-refractivity contribution < 1.29 is 19.8 Å². The molecular weight excluding hydrogens is 428 g/mol. The number of carbonyl (C=O) groups excluding carboxylic acids is 1. The number of phenols is 1. The van der Waals surface area contributed by atoms with Crippen molar-refractivity contribution in [3.8, 4) is 5.75 Å². The van der Waals surface area contributed by atoms with Crippen LogP contribution in [0, 0.1) is 18.3 Å². The molecule has 2 aromatic rings. The molecule has 2 heterocycles. The predicted octanol–water partition coefficient (Wildman–Crippen LogP) is 4.48. The van der Waals surface area contributed by atoms with Crippen LogP contribution in [-0.2, 0) is 17.8 Å². The van der Waals surface area contributed by atoms with Gasteiger partial charge >= 0.3 is 5.97 Å². The highest BCUT2D eigenvalue weighted by Gasteiger charge is 2.52. The Bertz CT molecular complexity index is 1040. The van der Waals surface area contributed by atoms with Crippen LogP contribution in [0.4, 0.5) is 0 Å². The molecule has 0 radical (unpaired) electrons. The van der Waals surface area contributed by atoms with E-state index in [0.29, 0.717) is 23.9 Å². The highest BCUT2D eigenvalue weighted by molar-refractivity contribution is 5.91. The summed E-state index contributed by atoms with van der Waals surface area (Å²) in [6.07, 6.45) is 3.46. The van der Waals surface area contributed by atoms with Gasteiger partial charge in [-0.15, -0.1) is 0 Å². The van der Waals surface area contributed by atoms with E-state index in [4.69, 9.17) is 0 Å². The average Bonchev–Trinajstić information content (AvgIpc) is 3.03. The largest absolute Gasteiger partial charge is 0.507 e. The molecule has 1 atom stereocenters. The van der Waals surface area contributed by atoms with E-state index >= 15 is 0 Å². The number of aromatic hydroxyl groups is 1. The molecule has 2 aromatic carbocycles. The van der Waals surface area contributed by atoms with Crippen molar-refractivity contribution in [3.63, 3.8) is 0 Å². The lowest BCUT2D eigenvalue weighted by Crippen LogP contribution is -2.45. The third-order valence-corrected chi connectivity index (χ3v) is 7.47. The van der Waals surface area contributed by atoms with E-state index in [1.807, 2.05) is 12.1 Å². The molecule has 0 aromatic heterocycles. The first kappa shape index (κ1) is 24.3. The van der Waals surface area contributed by atoms with Crippen LogP contribution in [0.3, 0.4) is 0 Å². The molecule has 1 unspecified atom stereocenters. The van der Waals surface area contributed by atoms with Crippen LogP contribution in [0.5, 0.6) is 5.75 Å². The Hall–Kier alpha value is -2.86. The van der Waals surface area contributed by atoms with Gasteiger partial charge in [0.25, 0.3) is 0 Å². The van der Waals surface area contributed by atoms with Crippen LogP contribution >= 0.6 is 0 Å². The molecule has 6 nitrogen and oxygen atoms in total. The van der Waals surface area contributed by atoms with E-state index in [1.54, 1.807) is 13.0 Å². The third kappa shape index (κ3) is 4.97. The summed E-state index contributed by atoms with van der Waals surface area (Å²) in [7, 11) is 0. The number of likely N-dealkylation sites (tertiary alicyclic amines) is 2. The van der Waals surface area contributed by atoms with Gasteiger partial charge in [0, 0.05) is 19.1 Å². The zero-order valence-electron chi connectivity index (χ0n) is 20.5. The summed E-state index contributed by atoms with van der Waals surface area (Å²) >= 11 is 0. The van der Waals surface area contributed by atoms with Gasteiger partial charge in [0.05, 0.1) is 5.41 Å². The minimum Gasteiger partial charge on any atom is -0.507 e. The molecule has 2 aliphatic rings. The minimum atomic E-state index is -1.12. The Morgan fingerprint density at radius 2 is 1.79 bits per heavy atom. The van der Waals surface area contributed by atoms with E-state index in [1.165, 1.54) is 5.56 Å². The van der Waals surface area contributed by atoms with Crippen molar-refractivity contribution in [2.24, 2.45) is 11.3 Å². The lowest BCUT2D eigenvalue weighted by Gasteiger charge is -2.38. The van der Waals surface area contributed by atoms with Crippen molar-refractivity contribution in [3.05, 3.63) is 64.7 Å². The molecule has 1 amide bonds. The molecule has 2 saturated heterocycles. The second kappa shape index (κ2) is 9.79. The monoisotopic (exact) mass is 464 g/mol. The van der Waals surface area contributed by atoms with Gasteiger partial charge in [-0.05, 0) is 74.4 Å². The van der Waals surface area contributed by atoms with Gasteiger partial charge in [-0.25, -0.2) is 4.79 Å². The summed E-state index contributed by atoms with van der Waals surface area (Å²) in [5.74, 6) is -0.541. The molecule has 0 aliphatic carbocycles. The van der Waals surface area contributed by atoms with Gasteiger partial charge in [0.2, 0.25) is 5.91 Å². The fraction of sp³-hybridized carbons (Fsp3) is 0.500. The second-order valence-electron chi connectivity index (χ2n) is 10.6. The van der Waals surface area contributed by atoms with Crippen LogP contribution in [0.25, 0.3) is 0 Å². The van der Waals surface area contributed by atoms with Crippen molar-refractivity contribution in [2.75, 3.05) is 19.6 Å². The SMILES string of the molecule is Cc1cc(CN2CCC3(CC2)CC(Cc2ccccc2)N(CC(C)C)C3=O)cc(C(=O)O)c1O. The molecule has 0 bridgehead atoms. The van der Waals surface area contributed by atoms with Crippen molar-refractivity contribution in [2.45, 2.75) is 59.0 Å². The number of carboxylic acid groups (broad SMARTS) is 1. The Balaban J connectivity index is 1.46. The Morgan fingerprint density at radius 1 is 1.12 bits per heavy atom. The standard InChI is InChI=1S/C28H36N2O4/c1-19(2)17-30-23(14-21-7-5-4-6-8-21)16-28(27(30)34)9-11-29(12-10-28)18-22-13-20(3)25(31)24(15-22)26(32)33/h4-8,13,15,19,23,31H,9-12,14,16-18H2,1-3H3,(H,32,33). The zero-order chi connectivity index (χ0) is 24.5. The first-order chi connectivity index (χ1) is 16.2. The molecule has 34 heavy (non-hydrogen) atoms. The number of aryl methyl sites for hydroxylation is 1. The van der Waals surface area contributed by atoms with Crippen molar-refractivity contribution >= 4 is 11.9 Å². The number of amides is 1. The fourth-order valence-corrected chi connectivity index (χ4v) is 5.74. The van der Waals surface area contributed by atoms with E-state index < -0.39 is 5.97 Å². The maximum absolute atomic E-state index is 13.7. The lowest BCUT2D eigenvalue weighted by molar-refractivity contribution is -0.139. The Morgan fingerprint density at radius 3 is 2.41 bits per heavy atom. The van der Waals surface area contributed by atoms with Gasteiger partial charge < -0.3 is 15.1 Å². The number of piperidine rings is 1. The van der Waals surface area contributed by atoms with Crippen LogP contribution in [0.2, 0.25) is 0 Å². The van der Waals surface area contributed by atoms with Crippen LogP contribution in [0.15, 0.2) is 42.5 Å². The molecule has 2 fully saturated rings. The first-order valence-electron chi connectivity index (χ1n) is 12.3. The number of rotatable bonds is 7. The topological polar surface area (TPSA) is 81.1 Å². The summed E-state index contributed by atoms with van der Waals surface area (Å²) < 4.78 is 0. The summed E-state index contributed by atoms with van der Waals surface area (Å²) in [5, 5.41) is 19.4. The fourth-order valence-electron chi connectivity index (χ4n) is 5.74. The number of hydrogen-bond acceptors (Lipinski definition) is 4. The number of nitrogens with zero attached hydrogens (tertiary/aromatic N) is 2.